The molecule has 0 aromatic heterocycles. The monoisotopic (exact) mass is 277 g/mol. The van der Waals surface area contributed by atoms with Gasteiger partial charge < -0.3 is 14.7 Å². The highest BCUT2D eigenvalue weighted by Crippen LogP contribution is 2.17. The molecule has 0 spiro atoms. The highest BCUT2D eigenvalue weighted by Gasteiger charge is 2.26. The van der Waals surface area contributed by atoms with Gasteiger partial charge in [0.25, 0.3) is 5.91 Å². The largest absolute Gasteiger partial charge is 0.484 e. The molecule has 1 aromatic rings. The number of hydrogen-bond donors (Lipinski definition) is 1. The van der Waals surface area contributed by atoms with Crippen molar-refractivity contribution >= 4 is 5.91 Å². The third kappa shape index (κ3) is 3.73. The standard InChI is InChI=1S/C16H23NO3/c1-2-13-6-8-15(9-7-13)20-12-16(19)17-10-4-3-5-14(17)11-18/h6-9,14,18H,2-5,10-12H2,1H3. The Bertz CT molecular complexity index is 430. The number of carbonyl (C=O) groups excluding carboxylic acids is 1. The first-order valence-electron chi connectivity index (χ1n) is 7.36. The minimum Gasteiger partial charge on any atom is -0.484 e. The molecule has 0 saturated carbocycles. The van der Waals surface area contributed by atoms with E-state index in [-0.39, 0.29) is 25.2 Å². The van der Waals surface area contributed by atoms with E-state index in [1.165, 1.54) is 5.56 Å². The molecule has 2 rings (SSSR count). The fourth-order valence-electron chi connectivity index (χ4n) is 2.57. The van der Waals surface area contributed by atoms with Crippen LogP contribution in [0.25, 0.3) is 0 Å². The molecule has 1 aliphatic heterocycles. The number of likely N-dealkylation sites (tertiary alicyclic amines) is 1. The molecule has 0 aliphatic carbocycles. The summed E-state index contributed by atoms with van der Waals surface area (Å²) in [6.07, 6.45) is 3.96. The third-order valence-corrected chi connectivity index (χ3v) is 3.85. The number of aryl methyl sites for hydroxylation is 1. The number of hydrogen-bond acceptors (Lipinski definition) is 3. The Labute approximate surface area is 120 Å². The second-order valence-corrected chi connectivity index (χ2v) is 5.21. The number of aliphatic hydroxyl groups is 1. The normalized spacial score (nSPS) is 18.9. The lowest BCUT2D eigenvalue weighted by Gasteiger charge is -2.34. The van der Waals surface area contributed by atoms with E-state index < -0.39 is 0 Å². The number of rotatable bonds is 5. The molecular formula is C16H23NO3. The summed E-state index contributed by atoms with van der Waals surface area (Å²) in [5.74, 6) is 0.677. The SMILES string of the molecule is CCc1ccc(OCC(=O)N2CCCCC2CO)cc1. The Balaban J connectivity index is 1.87. The number of amides is 1. The summed E-state index contributed by atoms with van der Waals surface area (Å²) in [6, 6.07) is 7.77. The molecule has 110 valence electrons. The summed E-state index contributed by atoms with van der Waals surface area (Å²) >= 11 is 0. The Morgan fingerprint density at radius 2 is 2.10 bits per heavy atom. The first-order chi connectivity index (χ1) is 9.74. The molecule has 20 heavy (non-hydrogen) atoms. The molecule has 1 atom stereocenters. The highest BCUT2D eigenvalue weighted by atomic mass is 16.5. The quantitative estimate of drug-likeness (QED) is 0.895. The van der Waals surface area contributed by atoms with Gasteiger partial charge in [-0.15, -0.1) is 0 Å². The summed E-state index contributed by atoms with van der Waals surface area (Å²) in [4.78, 5) is 13.9. The zero-order chi connectivity index (χ0) is 14.4. The summed E-state index contributed by atoms with van der Waals surface area (Å²) in [6.45, 7) is 2.91. The van der Waals surface area contributed by atoms with Crippen LogP contribution in [0.3, 0.4) is 0 Å². The van der Waals surface area contributed by atoms with Gasteiger partial charge in [0.2, 0.25) is 0 Å². The number of ether oxygens (including phenoxy) is 1. The summed E-state index contributed by atoms with van der Waals surface area (Å²) < 4.78 is 5.54. The van der Waals surface area contributed by atoms with E-state index in [0.717, 1.165) is 32.2 Å². The molecule has 1 aliphatic rings. The maximum atomic E-state index is 12.2. The minimum atomic E-state index is -0.0395. The van der Waals surface area contributed by atoms with Crippen molar-refractivity contribution in [1.29, 1.82) is 0 Å². The van der Waals surface area contributed by atoms with Crippen molar-refractivity contribution in [2.24, 2.45) is 0 Å². The van der Waals surface area contributed by atoms with Gasteiger partial charge in [0.15, 0.2) is 6.61 Å². The van der Waals surface area contributed by atoms with E-state index in [9.17, 15) is 9.90 Å². The van der Waals surface area contributed by atoms with E-state index >= 15 is 0 Å². The zero-order valence-corrected chi connectivity index (χ0v) is 12.0. The van der Waals surface area contributed by atoms with Crippen molar-refractivity contribution in [3.05, 3.63) is 29.8 Å². The van der Waals surface area contributed by atoms with Crippen molar-refractivity contribution in [1.82, 2.24) is 4.90 Å². The van der Waals surface area contributed by atoms with Gasteiger partial charge in [0, 0.05) is 6.54 Å². The topological polar surface area (TPSA) is 49.8 Å². The summed E-state index contributed by atoms with van der Waals surface area (Å²) in [5, 5.41) is 9.32. The van der Waals surface area contributed by atoms with Crippen LogP contribution in [0.1, 0.15) is 31.7 Å². The predicted molar refractivity (Wildman–Crippen MR) is 77.8 cm³/mol. The van der Waals surface area contributed by atoms with Crippen molar-refractivity contribution in [2.45, 2.75) is 38.6 Å². The third-order valence-electron chi connectivity index (χ3n) is 3.85. The van der Waals surface area contributed by atoms with Crippen molar-refractivity contribution in [2.75, 3.05) is 19.8 Å². The number of piperidine rings is 1. The smallest absolute Gasteiger partial charge is 0.260 e. The molecule has 1 heterocycles. The van der Waals surface area contributed by atoms with E-state index in [0.29, 0.717) is 5.75 Å². The second-order valence-electron chi connectivity index (χ2n) is 5.21. The van der Waals surface area contributed by atoms with E-state index in [4.69, 9.17) is 4.74 Å². The first kappa shape index (κ1) is 14.9. The predicted octanol–water partition coefficient (Wildman–Crippen LogP) is 2.00. The van der Waals surface area contributed by atoms with E-state index in [1.54, 1.807) is 4.90 Å². The van der Waals surface area contributed by atoms with Gasteiger partial charge in [-0.25, -0.2) is 0 Å². The van der Waals surface area contributed by atoms with Crippen LogP contribution in [0.15, 0.2) is 24.3 Å². The fourth-order valence-corrected chi connectivity index (χ4v) is 2.57. The van der Waals surface area contributed by atoms with Gasteiger partial charge in [-0.05, 0) is 43.4 Å². The summed E-state index contributed by atoms with van der Waals surface area (Å²) in [5.41, 5.74) is 1.25. The van der Waals surface area contributed by atoms with Crippen LogP contribution < -0.4 is 4.74 Å². The van der Waals surface area contributed by atoms with Crippen molar-refractivity contribution < 1.29 is 14.6 Å². The van der Waals surface area contributed by atoms with Crippen molar-refractivity contribution in [3.8, 4) is 5.75 Å². The Kier molecular flexibility index (Phi) is 5.41. The zero-order valence-electron chi connectivity index (χ0n) is 12.0. The van der Waals surface area contributed by atoms with Crippen LogP contribution in [0.5, 0.6) is 5.75 Å². The van der Waals surface area contributed by atoms with Crippen LogP contribution in [0.4, 0.5) is 0 Å². The van der Waals surface area contributed by atoms with Crippen LogP contribution in [0, 0.1) is 0 Å². The Morgan fingerprint density at radius 1 is 1.35 bits per heavy atom. The van der Waals surface area contributed by atoms with Crippen LogP contribution >= 0.6 is 0 Å². The fraction of sp³-hybridized carbons (Fsp3) is 0.562. The van der Waals surface area contributed by atoms with Crippen LogP contribution in [0.2, 0.25) is 0 Å². The number of nitrogens with zero attached hydrogens (tertiary/aromatic N) is 1. The average Bonchev–Trinajstić information content (AvgIpc) is 2.53. The molecule has 0 bridgehead atoms. The van der Waals surface area contributed by atoms with Crippen LogP contribution in [-0.2, 0) is 11.2 Å². The Hall–Kier alpha value is -1.55. The number of carbonyl (C=O) groups is 1. The van der Waals surface area contributed by atoms with E-state index in [2.05, 4.69) is 6.92 Å². The molecule has 1 saturated heterocycles. The lowest BCUT2D eigenvalue weighted by atomic mass is 10.0. The maximum absolute atomic E-state index is 12.2. The second kappa shape index (κ2) is 7.29. The number of aliphatic hydroxyl groups excluding tert-OH is 1. The first-order valence-corrected chi connectivity index (χ1v) is 7.36. The van der Waals surface area contributed by atoms with Gasteiger partial charge in [0.05, 0.1) is 12.6 Å². The summed E-state index contributed by atoms with van der Waals surface area (Å²) in [7, 11) is 0. The molecule has 1 N–H and O–H groups in total. The Morgan fingerprint density at radius 3 is 2.75 bits per heavy atom. The van der Waals surface area contributed by atoms with E-state index in [1.807, 2.05) is 24.3 Å². The molecular weight excluding hydrogens is 254 g/mol. The molecule has 4 nitrogen and oxygen atoms in total. The van der Waals surface area contributed by atoms with Gasteiger partial charge in [-0.2, -0.15) is 0 Å². The number of benzene rings is 1. The molecule has 1 aromatic carbocycles. The maximum Gasteiger partial charge on any atom is 0.260 e. The minimum absolute atomic E-state index is 0.0386. The molecule has 0 radical (unpaired) electrons. The average molecular weight is 277 g/mol. The van der Waals surface area contributed by atoms with Gasteiger partial charge in [0.1, 0.15) is 5.75 Å². The van der Waals surface area contributed by atoms with Gasteiger partial charge in [-0.1, -0.05) is 19.1 Å². The highest BCUT2D eigenvalue weighted by molar-refractivity contribution is 5.78. The van der Waals surface area contributed by atoms with Crippen LogP contribution in [-0.4, -0.2) is 41.7 Å². The molecule has 1 amide bonds. The van der Waals surface area contributed by atoms with Crippen molar-refractivity contribution in [3.63, 3.8) is 0 Å². The lowest BCUT2D eigenvalue weighted by molar-refractivity contribution is -0.138. The molecule has 4 heteroatoms. The lowest BCUT2D eigenvalue weighted by Crippen LogP contribution is -2.47. The molecule has 1 fully saturated rings. The van der Waals surface area contributed by atoms with Gasteiger partial charge in [-0.3, -0.25) is 4.79 Å². The van der Waals surface area contributed by atoms with Gasteiger partial charge >= 0.3 is 0 Å². The molecule has 1 unspecified atom stereocenters.